The Morgan fingerprint density at radius 3 is 2.62 bits per heavy atom. The van der Waals surface area contributed by atoms with Crippen LogP contribution in [0.4, 0.5) is 5.69 Å². The normalized spacial score (nSPS) is 12.1. The van der Waals surface area contributed by atoms with Crippen molar-refractivity contribution in [3.63, 3.8) is 0 Å². The summed E-state index contributed by atoms with van der Waals surface area (Å²) in [4.78, 5) is 4.34. The van der Waals surface area contributed by atoms with Crippen LogP contribution in [-0.2, 0) is 6.42 Å². The van der Waals surface area contributed by atoms with Crippen molar-refractivity contribution in [3.8, 4) is 6.07 Å². The van der Waals surface area contributed by atoms with E-state index in [0.29, 0.717) is 5.56 Å². The van der Waals surface area contributed by atoms with Gasteiger partial charge in [0.1, 0.15) is 6.07 Å². The largest absolute Gasteiger partial charge is 0.358 e. The summed E-state index contributed by atoms with van der Waals surface area (Å²) in [7, 11) is 0. The van der Waals surface area contributed by atoms with E-state index in [2.05, 4.69) is 47.0 Å². The number of anilines is 1. The van der Waals surface area contributed by atoms with Gasteiger partial charge in [0.05, 0.1) is 16.8 Å². The fourth-order valence-corrected chi connectivity index (χ4v) is 3.41. The molecule has 0 aliphatic rings. The number of aromatic nitrogens is 1. The second-order valence-corrected chi connectivity index (χ2v) is 6.63. The summed E-state index contributed by atoms with van der Waals surface area (Å²) in [6.07, 6.45) is 2.67. The summed E-state index contributed by atoms with van der Waals surface area (Å²) in [6.45, 7) is 4.08. The fourth-order valence-electron chi connectivity index (χ4n) is 2.74. The number of fused-ring (bicyclic) bond motifs is 1. The van der Waals surface area contributed by atoms with E-state index in [1.807, 2.05) is 19.1 Å². The second-order valence-electron chi connectivity index (χ2n) is 5.75. The average Bonchev–Trinajstić information content (AvgIpc) is 3.04. The lowest BCUT2D eigenvalue weighted by Gasteiger charge is -2.10. The molecular formula is C19H20N4S. The molecule has 24 heavy (non-hydrogen) atoms. The van der Waals surface area contributed by atoms with E-state index < -0.39 is 0 Å². The van der Waals surface area contributed by atoms with E-state index in [-0.39, 0.29) is 6.04 Å². The number of H-pyrrole nitrogens is 1. The molecule has 3 rings (SSSR count). The van der Waals surface area contributed by atoms with Crippen molar-refractivity contribution in [2.24, 2.45) is 5.73 Å². The highest BCUT2D eigenvalue weighted by molar-refractivity contribution is 8.00. The second kappa shape index (κ2) is 7.00. The molecule has 0 radical (unpaired) electrons. The minimum absolute atomic E-state index is 0.0431. The van der Waals surface area contributed by atoms with Gasteiger partial charge in [0, 0.05) is 22.5 Å². The Labute approximate surface area is 146 Å². The average molecular weight is 336 g/mol. The summed E-state index contributed by atoms with van der Waals surface area (Å²) in [6, 6.07) is 14.7. The minimum Gasteiger partial charge on any atom is -0.358 e. The first-order valence-corrected chi connectivity index (χ1v) is 8.77. The molecule has 0 fully saturated rings. The topological polar surface area (TPSA) is 77.6 Å². The lowest BCUT2D eigenvalue weighted by Crippen LogP contribution is -2.04. The maximum atomic E-state index is 9.31. The third-order valence-electron chi connectivity index (χ3n) is 4.11. The van der Waals surface area contributed by atoms with Crippen molar-refractivity contribution >= 4 is 28.5 Å². The van der Waals surface area contributed by atoms with Gasteiger partial charge in [0.2, 0.25) is 0 Å². The first kappa shape index (κ1) is 16.4. The summed E-state index contributed by atoms with van der Waals surface area (Å²) in [5, 5.41) is 10.3. The van der Waals surface area contributed by atoms with E-state index >= 15 is 0 Å². The molecule has 122 valence electrons. The number of hydrogen-bond acceptors (Lipinski definition) is 4. The maximum Gasteiger partial charge on any atom is 0.101 e. The smallest absolute Gasteiger partial charge is 0.101 e. The number of hydrogen-bond donors (Lipinski definition) is 3. The molecule has 4 N–H and O–H groups in total. The molecule has 3 aromatic rings. The quantitative estimate of drug-likeness (QED) is 0.588. The van der Waals surface area contributed by atoms with Crippen molar-refractivity contribution in [1.29, 1.82) is 5.26 Å². The summed E-state index contributed by atoms with van der Waals surface area (Å²) >= 11 is 1.55. The number of nitrogens with two attached hydrogens (primary N) is 1. The van der Waals surface area contributed by atoms with Gasteiger partial charge in [-0.2, -0.15) is 5.26 Å². The zero-order chi connectivity index (χ0) is 17.1. The van der Waals surface area contributed by atoms with Gasteiger partial charge in [-0.1, -0.05) is 25.1 Å². The Balaban J connectivity index is 1.86. The van der Waals surface area contributed by atoms with E-state index in [1.54, 1.807) is 18.1 Å². The minimum atomic E-state index is 0.0431. The predicted molar refractivity (Wildman–Crippen MR) is 101 cm³/mol. The molecule has 1 unspecified atom stereocenters. The molecule has 0 saturated heterocycles. The van der Waals surface area contributed by atoms with Crippen LogP contribution in [0.2, 0.25) is 0 Å². The van der Waals surface area contributed by atoms with Crippen LogP contribution >= 0.6 is 11.9 Å². The van der Waals surface area contributed by atoms with Crippen LogP contribution in [0.3, 0.4) is 0 Å². The number of aromatic amines is 1. The standard InChI is InChI=1S/C19H20N4S/c1-3-13-6-9-17(19-18(13)15(10-20)11-22-19)23-24-16-7-4-14(5-8-16)12(2)21/h4-9,11-12,22-23H,3,21H2,1-2H3. The molecule has 2 aromatic carbocycles. The maximum absolute atomic E-state index is 9.31. The van der Waals surface area contributed by atoms with Gasteiger partial charge in [-0.25, -0.2) is 0 Å². The van der Waals surface area contributed by atoms with Crippen LogP contribution in [0.15, 0.2) is 47.5 Å². The van der Waals surface area contributed by atoms with Crippen molar-refractivity contribution in [3.05, 3.63) is 59.3 Å². The number of nitriles is 1. The molecule has 0 aliphatic heterocycles. The Hall–Kier alpha value is -2.42. The number of aryl methyl sites for hydroxylation is 1. The lowest BCUT2D eigenvalue weighted by molar-refractivity contribution is 0.817. The number of benzene rings is 2. The molecule has 0 bridgehead atoms. The number of rotatable bonds is 5. The van der Waals surface area contributed by atoms with Crippen LogP contribution in [-0.4, -0.2) is 4.98 Å². The molecule has 0 saturated carbocycles. The zero-order valence-electron chi connectivity index (χ0n) is 13.8. The molecular weight excluding hydrogens is 316 g/mol. The van der Waals surface area contributed by atoms with Crippen LogP contribution in [0.5, 0.6) is 0 Å². The van der Waals surface area contributed by atoms with Crippen molar-refractivity contribution in [1.82, 2.24) is 4.98 Å². The Morgan fingerprint density at radius 1 is 1.25 bits per heavy atom. The van der Waals surface area contributed by atoms with E-state index in [9.17, 15) is 5.26 Å². The van der Waals surface area contributed by atoms with Crippen molar-refractivity contribution in [2.75, 3.05) is 4.72 Å². The molecule has 1 atom stereocenters. The third kappa shape index (κ3) is 3.12. The van der Waals surface area contributed by atoms with Crippen LogP contribution in [0.1, 0.15) is 36.6 Å². The van der Waals surface area contributed by atoms with Crippen LogP contribution in [0.25, 0.3) is 10.9 Å². The molecule has 4 nitrogen and oxygen atoms in total. The zero-order valence-corrected chi connectivity index (χ0v) is 14.6. The fraction of sp³-hybridized carbons (Fsp3) is 0.211. The van der Waals surface area contributed by atoms with Crippen LogP contribution in [0, 0.1) is 11.3 Å². The number of nitrogens with zero attached hydrogens (tertiary/aromatic N) is 1. The summed E-state index contributed by atoms with van der Waals surface area (Å²) in [5.41, 5.74) is 10.8. The Morgan fingerprint density at radius 2 is 2.00 bits per heavy atom. The highest BCUT2D eigenvalue weighted by Crippen LogP contribution is 2.32. The van der Waals surface area contributed by atoms with E-state index in [1.165, 1.54) is 5.56 Å². The van der Waals surface area contributed by atoms with E-state index in [4.69, 9.17) is 5.73 Å². The molecule has 1 heterocycles. The van der Waals surface area contributed by atoms with Gasteiger partial charge in [-0.05, 0) is 54.6 Å². The lowest BCUT2D eigenvalue weighted by atomic mass is 10.0. The Bertz CT molecular complexity index is 888. The van der Waals surface area contributed by atoms with Gasteiger partial charge in [0.15, 0.2) is 0 Å². The first-order chi connectivity index (χ1) is 11.6. The number of nitrogens with one attached hydrogen (secondary N) is 2. The van der Waals surface area contributed by atoms with Gasteiger partial charge >= 0.3 is 0 Å². The van der Waals surface area contributed by atoms with Crippen LogP contribution < -0.4 is 10.5 Å². The molecule has 5 heteroatoms. The van der Waals surface area contributed by atoms with Crippen molar-refractivity contribution < 1.29 is 0 Å². The molecule has 0 aliphatic carbocycles. The van der Waals surface area contributed by atoms with Gasteiger partial charge in [0.25, 0.3) is 0 Å². The summed E-state index contributed by atoms with van der Waals surface area (Å²) in [5.74, 6) is 0. The van der Waals surface area contributed by atoms with Gasteiger partial charge in [-0.15, -0.1) is 0 Å². The Kier molecular flexibility index (Phi) is 4.79. The summed E-state index contributed by atoms with van der Waals surface area (Å²) < 4.78 is 3.39. The van der Waals surface area contributed by atoms with Crippen molar-refractivity contribution in [2.45, 2.75) is 31.2 Å². The van der Waals surface area contributed by atoms with E-state index in [0.717, 1.165) is 33.5 Å². The highest BCUT2D eigenvalue weighted by atomic mass is 32.2. The highest BCUT2D eigenvalue weighted by Gasteiger charge is 2.11. The SMILES string of the molecule is CCc1ccc(NSc2ccc(C(C)N)cc2)c2[nH]cc(C#N)c12. The monoisotopic (exact) mass is 336 g/mol. The first-order valence-electron chi connectivity index (χ1n) is 7.95. The molecule has 1 aromatic heterocycles. The predicted octanol–water partition coefficient (Wildman–Crippen LogP) is 4.74. The molecule has 0 spiro atoms. The van der Waals surface area contributed by atoms with Gasteiger partial charge in [-0.3, -0.25) is 0 Å². The molecule has 0 amide bonds. The van der Waals surface area contributed by atoms with Gasteiger partial charge < -0.3 is 15.4 Å². The third-order valence-corrected chi connectivity index (χ3v) is 4.94.